The van der Waals surface area contributed by atoms with Crippen LogP contribution in [0.15, 0.2) is 49.1 Å². The van der Waals surface area contributed by atoms with E-state index < -0.39 is 0 Å². The molecule has 26 heavy (non-hydrogen) atoms. The molecule has 136 valence electrons. The van der Waals surface area contributed by atoms with E-state index in [-0.39, 0.29) is 0 Å². The highest BCUT2D eigenvalue weighted by molar-refractivity contribution is 5.75. The van der Waals surface area contributed by atoms with Crippen LogP contribution in [-0.2, 0) is 4.74 Å². The van der Waals surface area contributed by atoms with Crippen LogP contribution in [0.3, 0.4) is 0 Å². The van der Waals surface area contributed by atoms with Gasteiger partial charge in [0, 0.05) is 30.8 Å². The van der Waals surface area contributed by atoms with Gasteiger partial charge >= 0.3 is 0 Å². The predicted molar refractivity (Wildman–Crippen MR) is 108 cm³/mol. The molecule has 1 aliphatic heterocycles. The van der Waals surface area contributed by atoms with Crippen LogP contribution in [0.5, 0.6) is 0 Å². The lowest BCUT2D eigenvalue weighted by molar-refractivity contribution is 0.122. The first-order chi connectivity index (χ1) is 12.8. The highest BCUT2D eigenvalue weighted by Crippen LogP contribution is 2.23. The summed E-state index contributed by atoms with van der Waals surface area (Å²) in [5, 5.41) is 4.84. The summed E-state index contributed by atoms with van der Waals surface area (Å²) in [6.07, 6.45) is 13.2. The number of nitrogens with zero attached hydrogens (tertiary/aromatic N) is 4. The second-order valence-corrected chi connectivity index (χ2v) is 6.10. The van der Waals surface area contributed by atoms with Crippen LogP contribution < -0.4 is 4.90 Å². The van der Waals surface area contributed by atoms with Crippen molar-refractivity contribution in [2.24, 2.45) is 0 Å². The van der Waals surface area contributed by atoms with Crippen LogP contribution in [0, 0.1) is 0 Å². The van der Waals surface area contributed by atoms with Crippen molar-refractivity contribution in [3.05, 3.63) is 60.5 Å². The molecule has 0 amide bonds. The van der Waals surface area contributed by atoms with Crippen LogP contribution in [0.25, 0.3) is 17.3 Å². The Morgan fingerprint density at radius 1 is 1.31 bits per heavy atom. The van der Waals surface area contributed by atoms with E-state index in [1.807, 2.05) is 29.6 Å². The Morgan fingerprint density at radius 3 is 2.81 bits per heavy atom. The average Bonchev–Trinajstić information content (AvgIpc) is 3.11. The molecule has 0 bridgehead atoms. The molecular weight excluding hydrogens is 324 g/mol. The minimum atomic E-state index is 0.729. The smallest absolute Gasteiger partial charge is 0.158 e. The molecule has 0 aliphatic carbocycles. The van der Waals surface area contributed by atoms with Gasteiger partial charge in [-0.1, -0.05) is 43.9 Å². The maximum atomic E-state index is 5.49. The minimum absolute atomic E-state index is 0.729. The quantitative estimate of drug-likeness (QED) is 0.735. The van der Waals surface area contributed by atoms with Crippen molar-refractivity contribution < 1.29 is 4.74 Å². The maximum absolute atomic E-state index is 5.49. The van der Waals surface area contributed by atoms with Crippen molar-refractivity contribution in [3.63, 3.8) is 0 Å². The molecule has 0 radical (unpaired) electrons. The molecule has 0 unspecified atom stereocenters. The number of morpholine rings is 1. The normalized spacial score (nSPS) is 16.2. The third-order valence-electron chi connectivity index (χ3n) is 4.26. The molecule has 1 saturated heterocycles. The lowest BCUT2D eigenvalue weighted by atomic mass is 10.1. The summed E-state index contributed by atoms with van der Waals surface area (Å²) >= 11 is 0. The number of rotatable bonds is 6. The first-order valence-corrected chi connectivity index (χ1v) is 9.12. The van der Waals surface area contributed by atoms with Crippen molar-refractivity contribution in [1.29, 1.82) is 0 Å². The Labute approximate surface area is 155 Å². The SMILES string of the molecule is C=Cc1cc(N2CCOCC2)n2nc(C(/C=C\C)=C/C=C/CC)cc2n1. The van der Waals surface area contributed by atoms with Gasteiger partial charge in [0.1, 0.15) is 5.82 Å². The maximum Gasteiger partial charge on any atom is 0.158 e. The van der Waals surface area contributed by atoms with Gasteiger partial charge in [-0.05, 0) is 19.4 Å². The fourth-order valence-corrected chi connectivity index (χ4v) is 2.95. The zero-order chi connectivity index (χ0) is 18.4. The Morgan fingerprint density at radius 2 is 2.12 bits per heavy atom. The van der Waals surface area contributed by atoms with Gasteiger partial charge < -0.3 is 9.64 Å². The predicted octanol–water partition coefficient (Wildman–Crippen LogP) is 4.13. The number of allylic oxidation sites excluding steroid dienone is 6. The fourth-order valence-electron chi connectivity index (χ4n) is 2.95. The topological polar surface area (TPSA) is 42.7 Å². The largest absolute Gasteiger partial charge is 0.378 e. The Bertz CT molecular complexity index is 854. The summed E-state index contributed by atoms with van der Waals surface area (Å²) < 4.78 is 7.41. The van der Waals surface area contributed by atoms with Crippen LogP contribution >= 0.6 is 0 Å². The standard InChI is InChI=1S/C21H26N4O/c1-4-7-8-10-17(9-5-2)19-16-20-22-18(6-3)15-21(25(20)23-19)24-11-13-26-14-12-24/h5-10,15-16H,3-4,11-14H2,1-2H3/b8-7+,9-5-,17-10+. The zero-order valence-electron chi connectivity index (χ0n) is 15.6. The number of anilines is 1. The molecule has 5 nitrogen and oxygen atoms in total. The molecule has 0 aromatic carbocycles. The zero-order valence-corrected chi connectivity index (χ0v) is 15.6. The van der Waals surface area contributed by atoms with E-state index in [0.717, 1.165) is 61.2 Å². The van der Waals surface area contributed by atoms with E-state index >= 15 is 0 Å². The summed E-state index contributed by atoms with van der Waals surface area (Å²) in [4.78, 5) is 6.95. The first-order valence-electron chi connectivity index (χ1n) is 9.12. The lowest BCUT2D eigenvalue weighted by Gasteiger charge is -2.29. The molecule has 2 aromatic rings. The molecule has 0 saturated carbocycles. The number of ether oxygens (including phenoxy) is 1. The van der Waals surface area contributed by atoms with Crippen molar-refractivity contribution in [1.82, 2.24) is 14.6 Å². The Hall–Kier alpha value is -2.66. The minimum Gasteiger partial charge on any atom is -0.378 e. The Balaban J connectivity index is 2.10. The van der Waals surface area contributed by atoms with Crippen molar-refractivity contribution in [2.75, 3.05) is 31.2 Å². The highest BCUT2D eigenvalue weighted by Gasteiger charge is 2.17. The van der Waals surface area contributed by atoms with Crippen LogP contribution in [0.1, 0.15) is 31.7 Å². The van der Waals surface area contributed by atoms with Crippen LogP contribution in [0.4, 0.5) is 5.82 Å². The molecule has 0 N–H and O–H groups in total. The number of hydrogen-bond acceptors (Lipinski definition) is 4. The summed E-state index contributed by atoms with van der Waals surface area (Å²) in [6, 6.07) is 4.07. The number of fused-ring (bicyclic) bond motifs is 1. The van der Waals surface area contributed by atoms with Crippen molar-refractivity contribution in [3.8, 4) is 0 Å². The molecule has 5 heteroatoms. The fraction of sp³-hybridized carbons (Fsp3) is 0.333. The molecule has 0 atom stereocenters. The van der Waals surface area contributed by atoms with E-state index in [1.54, 1.807) is 6.08 Å². The average molecular weight is 350 g/mol. The van der Waals surface area contributed by atoms with Gasteiger partial charge in [-0.15, -0.1) is 0 Å². The Kier molecular flexibility index (Phi) is 6.02. The van der Waals surface area contributed by atoms with E-state index in [9.17, 15) is 0 Å². The summed E-state index contributed by atoms with van der Waals surface area (Å²) in [6.45, 7) is 11.2. The molecule has 3 heterocycles. The molecule has 3 rings (SSSR count). The van der Waals surface area contributed by atoms with Gasteiger partial charge in [0.2, 0.25) is 0 Å². The van der Waals surface area contributed by atoms with Crippen molar-refractivity contribution >= 4 is 23.1 Å². The van der Waals surface area contributed by atoms with Gasteiger partial charge in [0.15, 0.2) is 5.65 Å². The van der Waals surface area contributed by atoms with Gasteiger partial charge in [-0.25, -0.2) is 4.98 Å². The van der Waals surface area contributed by atoms with E-state index in [4.69, 9.17) is 9.84 Å². The van der Waals surface area contributed by atoms with E-state index in [1.165, 1.54) is 0 Å². The number of aromatic nitrogens is 3. The molecule has 1 aliphatic rings. The lowest BCUT2D eigenvalue weighted by Crippen LogP contribution is -2.37. The summed E-state index contributed by atoms with van der Waals surface area (Å²) in [5.74, 6) is 1.03. The summed E-state index contributed by atoms with van der Waals surface area (Å²) in [7, 11) is 0. The van der Waals surface area contributed by atoms with Gasteiger partial charge in [-0.2, -0.15) is 9.61 Å². The summed E-state index contributed by atoms with van der Waals surface area (Å²) in [5.41, 5.74) is 3.66. The molecule has 2 aromatic heterocycles. The third-order valence-corrected chi connectivity index (χ3v) is 4.26. The number of hydrogen-bond donors (Lipinski definition) is 0. The van der Waals surface area contributed by atoms with Crippen LogP contribution in [-0.4, -0.2) is 40.9 Å². The monoisotopic (exact) mass is 350 g/mol. The second kappa shape index (κ2) is 8.63. The highest BCUT2D eigenvalue weighted by atomic mass is 16.5. The molecular formula is C21H26N4O. The van der Waals surface area contributed by atoms with E-state index in [0.29, 0.717) is 0 Å². The first kappa shape index (κ1) is 18.1. The van der Waals surface area contributed by atoms with Gasteiger partial charge in [0.05, 0.1) is 24.6 Å². The molecule has 0 spiro atoms. The molecule has 1 fully saturated rings. The van der Waals surface area contributed by atoms with Gasteiger partial charge in [-0.3, -0.25) is 0 Å². The van der Waals surface area contributed by atoms with Gasteiger partial charge in [0.25, 0.3) is 0 Å². The van der Waals surface area contributed by atoms with Crippen LogP contribution in [0.2, 0.25) is 0 Å². The van der Waals surface area contributed by atoms with Crippen molar-refractivity contribution in [2.45, 2.75) is 20.3 Å². The third kappa shape index (κ3) is 3.94. The van der Waals surface area contributed by atoms with E-state index in [2.05, 4.69) is 47.7 Å². The second-order valence-electron chi connectivity index (χ2n) is 6.10.